The molecule has 0 N–H and O–H groups in total. The Hall–Kier alpha value is -1.75. The Balaban J connectivity index is 1.98. The van der Waals surface area contributed by atoms with Gasteiger partial charge in [-0.15, -0.1) is 0 Å². The van der Waals surface area contributed by atoms with Crippen LogP contribution in [0.1, 0.15) is 12.5 Å². The number of carbonyl (C=O) groups excluding carboxylic acids is 1. The lowest BCUT2D eigenvalue weighted by Crippen LogP contribution is -2.27. The second kappa shape index (κ2) is 7.14. The van der Waals surface area contributed by atoms with E-state index in [-0.39, 0.29) is 5.91 Å². The van der Waals surface area contributed by atoms with Crippen LogP contribution in [-0.4, -0.2) is 39.1 Å². The van der Waals surface area contributed by atoms with Gasteiger partial charge < -0.3 is 4.90 Å². The van der Waals surface area contributed by atoms with E-state index in [1.165, 1.54) is 0 Å². The van der Waals surface area contributed by atoms with Crippen molar-refractivity contribution in [3.05, 3.63) is 48.3 Å². The van der Waals surface area contributed by atoms with Crippen LogP contribution in [0.4, 0.5) is 0 Å². The van der Waals surface area contributed by atoms with E-state index in [1.54, 1.807) is 16.7 Å². The zero-order valence-electron chi connectivity index (χ0n) is 11.8. The maximum absolute atomic E-state index is 11.9. The second-order valence-corrected chi connectivity index (χ2v) is 5.79. The molecule has 0 unspecified atom stereocenters. The average Bonchev–Trinajstić information content (AvgIpc) is 2.94. The topological polar surface area (TPSA) is 38.1 Å². The molecule has 0 saturated heterocycles. The zero-order valence-corrected chi connectivity index (χ0v) is 12.6. The molecule has 106 valence electrons. The summed E-state index contributed by atoms with van der Waals surface area (Å²) in [6, 6.07) is 9.95. The van der Waals surface area contributed by atoms with E-state index in [0.717, 1.165) is 17.0 Å². The molecule has 0 spiro atoms. The highest BCUT2D eigenvalue weighted by Gasteiger charge is 2.10. The van der Waals surface area contributed by atoms with Crippen LogP contribution in [0.3, 0.4) is 0 Å². The van der Waals surface area contributed by atoms with Crippen LogP contribution in [0, 0.1) is 0 Å². The first-order chi connectivity index (χ1) is 9.70. The average molecular weight is 289 g/mol. The van der Waals surface area contributed by atoms with Crippen LogP contribution in [0.15, 0.2) is 42.7 Å². The lowest BCUT2D eigenvalue weighted by atomic mass is 10.3. The zero-order chi connectivity index (χ0) is 14.4. The monoisotopic (exact) mass is 289 g/mol. The van der Waals surface area contributed by atoms with Crippen molar-refractivity contribution in [2.75, 3.05) is 18.6 Å². The van der Waals surface area contributed by atoms with E-state index in [2.05, 4.69) is 12.0 Å². The van der Waals surface area contributed by atoms with Gasteiger partial charge >= 0.3 is 0 Å². The van der Waals surface area contributed by atoms with Crippen molar-refractivity contribution in [1.82, 2.24) is 14.7 Å². The highest BCUT2D eigenvalue weighted by Crippen LogP contribution is 2.10. The molecule has 1 aromatic heterocycles. The third-order valence-electron chi connectivity index (χ3n) is 2.93. The van der Waals surface area contributed by atoms with Crippen molar-refractivity contribution in [2.45, 2.75) is 13.5 Å². The number of hydrogen-bond donors (Lipinski definition) is 0. The Labute approximate surface area is 123 Å². The van der Waals surface area contributed by atoms with Gasteiger partial charge in [-0.2, -0.15) is 16.9 Å². The SMILES string of the molecule is CCSCC(=O)N(C)Cc1cnn(-c2ccccc2)c1. The molecule has 2 rings (SSSR count). The largest absolute Gasteiger partial charge is 0.341 e. The summed E-state index contributed by atoms with van der Waals surface area (Å²) in [5.41, 5.74) is 2.06. The summed E-state index contributed by atoms with van der Waals surface area (Å²) in [5.74, 6) is 1.66. The number of amides is 1. The fraction of sp³-hybridized carbons (Fsp3) is 0.333. The molecule has 0 bridgehead atoms. The first-order valence-corrected chi connectivity index (χ1v) is 7.77. The minimum Gasteiger partial charge on any atom is -0.341 e. The van der Waals surface area contributed by atoms with Crippen molar-refractivity contribution in [2.24, 2.45) is 0 Å². The van der Waals surface area contributed by atoms with Gasteiger partial charge in [-0.05, 0) is 17.9 Å². The molecule has 0 radical (unpaired) electrons. The van der Waals surface area contributed by atoms with E-state index in [9.17, 15) is 4.79 Å². The number of thioether (sulfide) groups is 1. The first kappa shape index (κ1) is 14.7. The standard InChI is InChI=1S/C15H19N3OS/c1-3-20-12-15(19)17(2)10-13-9-16-18(11-13)14-7-5-4-6-8-14/h4-9,11H,3,10,12H2,1-2H3. The van der Waals surface area contributed by atoms with Gasteiger partial charge in [-0.3, -0.25) is 4.79 Å². The van der Waals surface area contributed by atoms with Crippen LogP contribution < -0.4 is 0 Å². The summed E-state index contributed by atoms with van der Waals surface area (Å²) < 4.78 is 1.83. The summed E-state index contributed by atoms with van der Waals surface area (Å²) in [7, 11) is 1.83. The number of benzene rings is 1. The fourth-order valence-electron chi connectivity index (χ4n) is 1.83. The normalized spacial score (nSPS) is 10.5. The second-order valence-electron chi connectivity index (χ2n) is 4.52. The van der Waals surface area contributed by atoms with Gasteiger partial charge in [0.05, 0.1) is 17.6 Å². The van der Waals surface area contributed by atoms with Gasteiger partial charge in [-0.25, -0.2) is 4.68 Å². The van der Waals surface area contributed by atoms with E-state index >= 15 is 0 Å². The number of rotatable bonds is 6. The minimum atomic E-state index is 0.157. The van der Waals surface area contributed by atoms with E-state index in [1.807, 2.05) is 54.5 Å². The van der Waals surface area contributed by atoms with Crippen LogP contribution in [0.5, 0.6) is 0 Å². The van der Waals surface area contributed by atoms with Crippen molar-refractivity contribution in [3.63, 3.8) is 0 Å². The number of para-hydroxylation sites is 1. The van der Waals surface area contributed by atoms with Crippen LogP contribution >= 0.6 is 11.8 Å². The molecule has 0 fully saturated rings. The van der Waals surface area contributed by atoms with Crippen LogP contribution in [0.25, 0.3) is 5.69 Å². The molecule has 1 heterocycles. The smallest absolute Gasteiger partial charge is 0.232 e. The van der Waals surface area contributed by atoms with Crippen molar-refractivity contribution >= 4 is 17.7 Å². The molecule has 0 aliphatic carbocycles. The van der Waals surface area contributed by atoms with Gasteiger partial charge in [0, 0.05) is 25.4 Å². The molecule has 0 atom stereocenters. The van der Waals surface area contributed by atoms with E-state index in [4.69, 9.17) is 0 Å². The highest BCUT2D eigenvalue weighted by atomic mass is 32.2. The van der Waals surface area contributed by atoms with E-state index in [0.29, 0.717) is 12.3 Å². The predicted octanol–water partition coefficient (Wildman–Crippen LogP) is 2.58. The maximum atomic E-state index is 11.9. The lowest BCUT2D eigenvalue weighted by Gasteiger charge is -2.15. The maximum Gasteiger partial charge on any atom is 0.232 e. The minimum absolute atomic E-state index is 0.157. The Kier molecular flexibility index (Phi) is 5.24. The predicted molar refractivity (Wildman–Crippen MR) is 83.0 cm³/mol. The number of carbonyl (C=O) groups is 1. The molecule has 2 aromatic rings. The molecule has 0 aliphatic heterocycles. The van der Waals surface area contributed by atoms with Crippen molar-refractivity contribution < 1.29 is 4.79 Å². The summed E-state index contributed by atoms with van der Waals surface area (Å²) in [4.78, 5) is 13.6. The third kappa shape index (κ3) is 3.87. The Bertz CT molecular complexity index is 553. The van der Waals surface area contributed by atoms with Gasteiger partial charge in [0.2, 0.25) is 5.91 Å². The van der Waals surface area contributed by atoms with Gasteiger partial charge in [0.15, 0.2) is 0 Å². The van der Waals surface area contributed by atoms with Gasteiger partial charge in [-0.1, -0.05) is 25.1 Å². The molecule has 1 aromatic carbocycles. The number of nitrogens with zero attached hydrogens (tertiary/aromatic N) is 3. The third-order valence-corrected chi connectivity index (χ3v) is 3.79. The summed E-state index contributed by atoms with van der Waals surface area (Å²) >= 11 is 1.65. The Morgan fingerprint density at radius 3 is 2.80 bits per heavy atom. The fourth-order valence-corrected chi connectivity index (χ4v) is 2.42. The molecule has 20 heavy (non-hydrogen) atoms. The van der Waals surface area contributed by atoms with Gasteiger partial charge in [0.1, 0.15) is 0 Å². The first-order valence-electron chi connectivity index (χ1n) is 6.61. The summed E-state index contributed by atoms with van der Waals surface area (Å²) in [5, 5.41) is 4.33. The molecular weight excluding hydrogens is 270 g/mol. The molecule has 0 aliphatic rings. The lowest BCUT2D eigenvalue weighted by molar-refractivity contribution is -0.127. The summed E-state index contributed by atoms with van der Waals surface area (Å²) in [6.45, 7) is 2.65. The molecule has 1 amide bonds. The summed E-state index contributed by atoms with van der Waals surface area (Å²) in [6.07, 6.45) is 3.77. The number of hydrogen-bond acceptors (Lipinski definition) is 3. The Morgan fingerprint density at radius 2 is 2.10 bits per heavy atom. The van der Waals surface area contributed by atoms with Crippen molar-refractivity contribution in [3.8, 4) is 5.69 Å². The Morgan fingerprint density at radius 1 is 1.35 bits per heavy atom. The quantitative estimate of drug-likeness (QED) is 0.820. The molecule has 4 nitrogen and oxygen atoms in total. The van der Waals surface area contributed by atoms with Crippen molar-refractivity contribution in [1.29, 1.82) is 0 Å². The van der Waals surface area contributed by atoms with Crippen LogP contribution in [0.2, 0.25) is 0 Å². The van der Waals surface area contributed by atoms with Gasteiger partial charge in [0.25, 0.3) is 0 Å². The molecule has 5 heteroatoms. The molecule has 0 saturated carbocycles. The molecular formula is C15H19N3OS. The van der Waals surface area contributed by atoms with E-state index < -0.39 is 0 Å². The van der Waals surface area contributed by atoms with Crippen LogP contribution in [-0.2, 0) is 11.3 Å². The number of aromatic nitrogens is 2. The highest BCUT2D eigenvalue weighted by molar-refractivity contribution is 7.99.